The SMILES string of the molecule is COc1cc(OC)c(-c2c3nc(c(-c4c(OC)cc(OC)cc4OC)c4ccc([n-]4)c(-c4c(OC)cc(OC)cc4OC)c4nc(c(-c5c(N=Nc6ccccc6)cccc5N=Nc5ccccc5)c5ccc2[n-]5)C=C4)C=C3)c(OC)c1.[Zn+2]. The van der Waals surface area contributed by atoms with Gasteiger partial charge in [0.2, 0.25) is 0 Å². The van der Waals surface area contributed by atoms with E-state index >= 15 is 0 Å². The van der Waals surface area contributed by atoms with Crippen LogP contribution in [0.25, 0.3) is 90.9 Å². The molecular weight excluding hydrogens is 1100 g/mol. The minimum atomic E-state index is 0. The van der Waals surface area contributed by atoms with E-state index in [2.05, 4.69) is 0 Å². The van der Waals surface area contributed by atoms with Gasteiger partial charge in [-0.05, 0) is 66.3 Å². The normalized spacial score (nSPS) is 11.6. The molecule has 0 unspecified atom stereocenters. The molecule has 0 amide bonds. The zero-order valence-electron chi connectivity index (χ0n) is 47.0. The van der Waals surface area contributed by atoms with Crippen LogP contribution in [0.3, 0.4) is 0 Å². The minimum Gasteiger partial charge on any atom is -0.657 e. The van der Waals surface area contributed by atoms with Crippen LogP contribution in [0.4, 0.5) is 22.7 Å². The molecule has 11 rings (SSSR count). The summed E-state index contributed by atoms with van der Waals surface area (Å²) in [5, 5.41) is 19.3. The third kappa shape index (κ3) is 10.9. The van der Waals surface area contributed by atoms with Crippen LogP contribution in [0, 0.1) is 0 Å². The van der Waals surface area contributed by atoms with Gasteiger partial charge in [-0.15, -0.1) is 32.3 Å². The molecular formula is C65H54N8O9Zn. The van der Waals surface area contributed by atoms with E-state index in [1.165, 1.54) is 0 Å². The van der Waals surface area contributed by atoms with E-state index in [0.717, 1.165) is 0 Å². The predicted molar refractivity (Wildman–Crippen MR) is 319 cm³/mol. The summed E-state index contributed by atoms with van der Waals surface area (Å²) in [7, 11) is 14.3. The first kappa shape index (κ1) is 56.2. The zero-order chi connectivity index (χ0) is 56.9. The number of aromatic nitrogens is 4. The van der Waals surface area contributed by atoms with Crippen molar-refractivity contribution in [3.05, 3.63) is 162 Å². The summed E-state index contributed by atoms with van der Waals surface area (Å²) in [6.45, 7) is 0. The van der Waals surface area contributed by atoms with E-state index in [1.807, 2.05) is 127 Å². The number of hydrogen-bond acceptors (Lipinski definition) is 15. The summed E-state index contributed by atoms with van der Waals surface area (Å²) in [6, 6.07) is 43.1. The van der Waals surface area contributed by atoms with Crippen molar-refractivity contribution >= 4 is 69.1 Å². The van der Waals surface area contributed by atoms with E-state index in [1.54, 1.807) is 100 Å². The Morgan fingerprint density at radius 2 is 0.566 bits per heavy atom. The number of fused-ring (bicyclic) bond motifs is 8. The maximum absolute atomic E-state index is 6.19. The topological polar surface area (TPSA) is 186 Å². The molecule has 9 aromatic rings. The fourth-order valence-electron chi connectivity index (χ4n) is 10.0. The molecule has 2 aliphatic rings. The fraction of sp³-hybridized carbons (Fsp3) is 0.138. The molecule has 17 nitrogen and oxygen atoms in total. The number of rotatable bonds is 17. The molecule has 0 atom stereocenters. The van der Waals surface area contributed by atoms with Gasteiger partial charge in [0, 0.05) is 58.7 Å². The number of azo groups is 2. The van der Waals surface area contributed by atoms with Crippen molar-refractivity contribution in [2.75, 3.05) is 64.0 Å². The Morgan fingerprint density at radius 3 is 0.831 bits per heavy atom. The molecule has 0 fully saturated rings. The summed E-state index contributed by atoms with van der Waals surface area (Å²) in [6.07, 6.45) is 7.71. The van der Waals surface area contributed by atoms with Crippen LogP contribution in [-0.2, 0) is 19.5 Å². The predicted octanol–water partition coefficient (Wildman–Crippen LogP) is 15.5. The van der Waals surface area contributed by atoms with Crippen LogP contribution in [0.5, 0.6) is 51.7 Å². The van der Waals surface area contributed by atoms with Gasteiger partial charge in [0.15, 0.2) is 0 Å². The third-order valence-electron chi connectivity index (χ3n) is 13.8. The Kier molecular flexibility index (Phi) is 16.8. The number of ether oxygens (including phenoxy) is 9. The first-order valence-electron chi connectivity index (χ1n) is 25.8. The second-order valence-corrected chi connectivity index (χ2v) is 18.3. The van der Waals surface area contributed by atoms with Crippen molar-refractivity contribution in [3.8, 4) is 96.3 Å². The van der Waals surface area contributed by atoms with Crippen LogP contribution >= 0.6 is 0 Å². The average Bonchev–Trinajstić information content (AvgIpc) is 4.56. The van der Waals surface area contributed by atoms with Crippen molar-refractivity contribution in [1.82, 2.24) is 19.9 Å². The van der Waals surface area contributed by atoms with Crippen molar-refractivity contribution in [2.24, 2.45) is 20.5 Å². The molecule has 410 valence electrons. The van der Waals surface area contributed by atoms with Crippen molar-refractivity contribution < 1.29 is 62.1 Å². The molecule has 8 bridgehead atoms. The van der Waals surface area contributed by atoms with Crippen LogP contribution in [0.2, 0.25) is 0 Å². The van der Waals surface area contributed by atoms with Gasteiger partial charge in [-0.2, -0.15) is 10.2 Å². The third-order valence-corrected chi connectivity index (χ3v) is 13.8. The molecule has 3 aromatic heterocycles. The van der Waals surface area contributed by atoms with Crippen LogP contribution in [-0.4, -0.2) is 74.0 Å². The molecule has 0 aliphatic carbocycles. The van der Waals surface area contributed by atoms with E-state index in [-0.39, 0.29) is 19.5 Å². The Bertz CT molecular complexity index is 4010. The Labute approximate surface area is 491 Å². The number of nitrogens with zero attached hydrogens (tertiary/aromatic N) is 8. The van der Waals surface area contributed by atoms with Crippen molar-refractivity contribution in [1.29, 1.82) is 0 Å². The summed E-state index contributed by atoms with van der Waals surface area (Å²) < 4.78 is 54.3. The van der Waals surface area contributed by atoms with E-state index < -0.39 is 0 Å². The van der Waals surface area contributed by atoms with Crippen LogP contribution < -0.4 is 52.6 Å². The second kappa shape index (κ2) is 24.8. The summed E-state index contributed by atoms with van der Waals surface area (Å²) in [5.41, 5.74) is 10.7. The minimum absolute atomic E-state index is 0. The molecule has 0 radical (unpaired) electrons. The van der Waals surface area contributed by atoms with Crippen molar-refractivity contribution in [3.63, 3.8) is 0 Å². The van der Waals surface area contributed by atoms with Crippen LogP contribution in [0.15, 0.2) is 160 Å². The fourth-order valence-corrected chi connectivity index (χ4v) is 10.0. The summed E-state index contributed by atoms with van der Waals surface area (Å²) in [5.74, 6) is 4.19. The maximum atomic E-state index is 6.19. The number of benzene rings is 6. The van der Waals surface area contributed by atoms with Gasteiger partial charge in [-0.1, -0.05) is 66.7 Å². The molecule has 83 heavy (non-hydrogen) atoms. The standard InChI is InChI=1S/C65H54N8O9.Zn/c1-74-39-31-52(77-4)63(53(32-39)78-5)59-44-25-23-42(66-44)58(62-50(72-70-37-17-12-10-13-18-37)21-16-22-51(62)73-71-38-19-14-11-15-20-38)43-24-26-45(67-43)60(64-54(79-6)33-40(75-2)34-55(64)80-7)47-28-30-49(69-47)61(48-29-27-46(59)68-48)65-56(81-8)35-41(76-3)36-57(65)82-9;/h10-36H,1-9H3;/q-2;+2. The molecule has 0 saturated carbocycles. The molecule has 0 N–H and O–H groups in total. The largest absolute Gasteiger partial charge is 2.00 e. The van der Waals surface area contributed by atoms with E-state index in [0.29, 0.717) is 164 Å². The molecule has 2 aliphatic heterocycles. The van der Waals surface area contributed by atoms with Gasteiger partial charge in [0.25, 0.3) is 0 Å². The Balaban J connectivity index is 0.00000769. The summed E-state index contributed by atoms with van der Waals surface area (Å²) in [4.78, 5) is 22.2. The van der Waals surface area contributed by atoms with Crippen LogP contribution in [0.1, 0.15) is 22.8 Å². The van der Waals surface area contributed by atoms with Crippen molar-refractivity contribution in [2.45, 2.75) is 0 Å². The second-order valence-electron chi connectivity index (χ2n) is 18.3. The van der Waals surface area contributed by atoms with Gasteiger partial charge in [-0.3, -0.25) is 0 Å². The molecule has 0 saturated heterocycles. The van der Waals surface area contributed by atoms with Gasteiger partial charge in [0.1, 0.15) is 51.7 Å². The van der Waals surface area contributed by atoms with Gasteiger partial charge < -0.3 is 52.6 Å². The molecule has 6 aromatic carbocycles. The summed E-state index contributed by atoms with van der Waals surface area (Å²) >= 11 is 0. The van der Waals surface area contributed by atoms with E-state index in [4.69, 9.17) is 83.0 Å². The van der Waals surface area contributed by atoms with Gasteiger partial charge in [-0.25, -0.2) is 9.97 Å². The van der Waals surface area contributed by atoms with Gasteiger partial charge >= 0.3 is 19.5 Å². The first-order valence-corrected chi connectivity index (χ1v) is 25.8. The Hall–Kier alpha value is -10.1. The quantitative estimate of drug-likeness (QED) is 0.0620. The van der Waals surface area contributed by atoms with Gasteiger partial charge in [0.05, 0.1) is 126 Å². The van der Waals surface area contributed by atoms with E-state index in [9.17, 15) is 0 Å². The molecule has 5 heterocycles. The Morgan fingerprint density at radius 1 is 0.289 bits per heavy atom. The monoisotopic (exact) mass is 1150 g/mol. The zero-order valence-corrected chi connectivity index (χ0v) is 50.0. The maximum Gasteiger partial charge on any atom is 2.00 e. The number of hydrogen-bond donors (Lipinski definition) is 0. The average molecular weight is 1160 g/mol. The molecule has 18 heteroatoms. The smallest absolute Gasteiger partial charge is 0.657 e. The number of methoxy groups -OCH3 is 9. The molecule has 0 spiro atoms. The first-order chi connectivity index (χ1) is 40.2.